The maximum atomic E-state index is 13.0. The molecule has 2 aromatic carbocycles. The lowest BCUT2D eigenvalue weighted by Crippen LogP contribution is -2.14. The maximum absolute atomic E-state index is 13.0. The first-order valence-electron chi connectivity index (χ1n) is 8.88. The van der Waals surface area contributed by atoms with E-state index in [-0.39, 0.29) is 5.63 Å². The first kappa shape index (κ1) is 17.4. The summed E-state index contributed by atoms with van der Waals surface area (Å²) < 4.78 is 11.2. The number of hydrogen-bond donors (Lipinski definition) is 0. The third kappa shape index (κ3) is 3.24. The highest BCUT2D eigenvalue weighted by molar-refractivity contribution is 7.81. The summed E-state index contributed by atoms with van der Waals surface area (Å²) in [5.74, 6) is 0.676. The number of hydrogen-bond acceptors (Lipinski definition) is 4. The molecule has 4 rings (SSSR count). The number of rotatable bonds is 4. The van der Waals surface area contributed by atoms with E-state index in [4.69, 9.17) is 21.4 Å². The molecule has 0 bridgehead atoms. The molecule has 1 aliphatic carbocycles. The fraction of sp³-hybridized carbons (Fsp3) is 0.130. The predicted molar refractivity (Wildman–Crippen MR) is 113 cm³/mol. The molecule has 0 spiro atoms. The molecule has 0 unspecified atom stereocenters. The lowest BCUT2D eigenvalue weighted by molar-refractivity contribution is 0.340. The second-order valence-electron chi connectivity index (χ2n) is 6.23. The molecule has 0 N–H and O–H groups in total. The normalized spacial score (nSPS) is 13.7. The van der Waals surface area contributed by atoms with Crippen LogP contribution in [-0.4, -0.2) is 11.5 Å². The monoisotopic (exact) mass is 374 g/mol. The number of allylic oxidation sites excluding steroid dienone is 4. The summed E-state index contributed by atoms with van der Waals surface area (Å²) in [5.41, 5.74) is 3.19. The molecule has 0 atom stereocenters. The molecule has 0 radical (unpaired) electrons. The third-order valence-electron chi connectivity index (χ3n) is 4.52. The van der Waals surface area contributed by atoms with Crippen molar-refractivity contribution in [2.75, 3.05) is 6.61 Å². The van der Waals surface area contributed by atoms with Gasteiger partial charge in [-0.05, 0) is 24.6 Å². The van der Waals surface area contributed by atoms with E-state index in [1.807, 2.05) is 67.6 Å². The SMILES string of the molecule is CCOc1ccc2c(-c3ccccc3)c(C3=CC=CCC3=S)c(=O)oc2c1. The summed E-state index contributed by atoms with van der Waals surface area (Å²) in [4.78, 5) is 13.8. The fourth-order valence-electron chi connectivity index (χ4n) is 3.35. The Morgan fingerprint density at radius 3 is 2.67 bits per heavy atom. The smallest absolute Gasteiger partial charge is 0.344 e. The van der Waals surface area contributed by atoms with Crippen molar-refractivity contribution in [2.45, 2.75) is 13.3 Å². The van der Waals surface area contributed by atoms with Gasteiger partial charge in [0.25, 0.3) is 0 Å². The first-order chi connectivity index (χ1) is 13.2. The van der Waals surface area contributed by atoms with Gasteiger partial charge in [0.05, 0.1) is 12.2 Å². The molecule has 0 saturated carbocycles. The molecular weight excluding hydrogens is 356 g/mol. The quantitative estimate of drug-likeness (QED) is 0.442. The van der Waals surface area contributed by atoms with E-state index in [9.17, 15) is 4.79 Å². The Morgan fingerprint density at radius 2 is 1.93 bits per heavy atom. The minimum atomic E-state index is -0.390. The highest BCUT2D eigenvalue weighted by atomic mass is 32.1. The molecule has 0 saturated heterocycles. The van der Waals surface area contributed by atoms with Crippen LogP contribution in [0.15, 0.2) is 76.0 Å². The largest absolute Gasteiger partial charge is 0.494 e. The first-order valence-corrected chi connectivity index (χ1v) is 9.29. The predicted octanol–water partition coefficient (Wildman–Crippen LogP) is 5.57. The van der Waals surface area contributed by atoms with E-state index in [1.54, 1.807) is 6.07 Å². The lowest BCUT2D eigenvalue weighted by atomic mass is 9.89. The van der Waals surface area contributed by atoms with Crippen molar-refractivity contribution in [2.24, 2.45) is 0 Å². The molecule has 4 heteroatoms. The standard InChI is InChI=1S/C23H18O3S/c1-2-25-16-12-13-17-19(14-16)26-23(24)22(18-10-6-7-11-20(18)27)21(17)15-8-4-3-5-9-15/h3-10,12-14H,2,11H2,1H3. The van der Waals surface area contributed by atoms with Gasteiger partial charge in [-0.1, -0.05) is 60.8 Å². The van der Waals surface area contributed by atoms with Gasteiger partial charge in [0.1, 0.15) is 11.3 Å². The van der Waals surface area contributed by atoms with Crippen molar-refractivity contribution in [1.82, 2.24) is 0 Å². The zero-order chi connectivity index (χ0) is 18.8. The average Bonchev–Trinajstić information content (AvgIpc) is 2.68. The van der Waals surface area contributed by atoms with Gasteiger partial charge in [0.15, 0.2) is 0 Å². The molecule has 0 fully saturated rings. The van der Waals surface area contributed by atoms with E-state index in [0.29, 0.717) is 29.9 Å². The van der Waals surface area contributed by atoms with Gasteiger partial charge < -0.3 is 9.15 Å². The van der Waals surface area contributed by atoms with Crippen LogP contribution in [0.1, 0.15) is 18.9 Å². The molecule has 1 heterocycles. The van der Waals surface area contributed by atoms with Crippen molar-refractivity contribution in [3.8, 4) is 16.9 Å². The molecular formula is C23H18O3S. The van der Waals surface area contributed by atoms with Crippen LogP contribution < -0.4 is 10.4 Å². The average molecular weight is 374 g/mol. The Hall–Kier alpha value is -2.98. The topological polar surface area (TPSA) is 39.4 Å². The van der Waals surface area contributed by atoms with Gasteiger partial charge in [-0.3, -0.25) is 0 Å². The Balaban J connectivity index is 2.08. The van der Waals surface area contributed by atoms with E-state index >= 15 is 0 Å². The van der Waals surface area contributed by atoms with Crippen LogP contribution in [0.2, 0.25) is 0 Å². The Morgan fingerprint density at radius 1 is 1.11 bits per heavy atom. The number of thiocarbonyl (C=S) groups is 1. The van der Waals surface area contributed by atoms with Crippen LogP contribution in [0.25, 0.3) is 27.7 Å². The summed E-state index contributed by atoms with van der Waals surface area (Å²) in [7, 11) is 0. The van der Waals surface area contributed by atoms with Crippen molar-refractivity contribution >= 4 is 33.6 Å². The van der Waals surface area contributed by atoms with E-state index in [0.717, 1.165) is 27.0 Å². The lowest BCUT2D eigenvalue weighted by Gasteiger charge is -2.16. The third-order valence-corrected chi connectivity index (χ3v) is 4.91. The highest BCUT2D eigenvalue weighted by Gasteiger charge is 2.22. The zero-order valence-corrected chi connectivity index (χ0v) is 15.7. The van der Waals surface area contributed by atoms with Crippen LogP contribution >= 0.6 is 12.2 Å². The van der Waals surface area contributed by atoms with Crippen molar-refractivity contribution in [1.29, 1.82) is 0 Å². The summed E-state index contributed by atoms with van der Waals surface area (Å²) in [6, 6.07) is 15.5. The molecule has 3 aromatic rings. The Labute approximate surface area is 162 Å². The highest BCUT2D eigenvalue weighted by Crippen LogP contribution is 2.36. The summed E-state index contributed by atoms with van der Waals surface area (Å²) >= 11 is 5.54. The van der Waals surface area contributed by atoms with Crippen LogP contribution in [0, 0.1) is 0 Å². The van der Waals surface area contributed by atoms with E-state index < -0.39 is 0 Å². The molecule has 0 amide bonds. The number of benzene rings is 2. The second-order valence-corrected chi connectivity index (χ2v) is 6.73. The van der Waals surface area contributed by atoms with Gasteiger partial charge in [0, 0.05) is 33.9 Å². The van der Waals surface area contributed by atoms with Crippen LogP contribution in [0.4, 0.5) is 0 Å². The van der Waals surface area contributed by atoms with Gasteiger partial charge in [-0.25, -0.2) is 4.79 Å². The van der Waals surface area contributed by atoms with Gasteiger partial charge in [0.2, 0.25) is 0 Å². The van der Waals surface area contributed by atoms with Gasteiger partial charge >= 0.3 is 5.63 Å². The van der Waals surface area contributed by atoms with Crippen molar-refractivity contribution < 1.29 is 9.15 Å². The molecule has 134 valence electrons. The minimum absolute atomic E-state index is 0.390. The maximum Gasteiger partial charge on any atom is 0.344 e. The van der Waals surface area contributed by atoms with Crippen LogP contribution in [0.5, 0.6) is 5.75 Å². The molecule has 1 aromatic heterocycles. The van der Waals surface area contributed by atoms with E-state index in [1.165, 1.54) is 0 Å². The molecule has 27 heavy (non-hydrogen) atoms. The van der Waals surface area contributed by atoms with Gasteiger partial charge in [-0.2, -0.15) is 0 Å². The Kier molecular flexibility index (Phi) is 4.73. The minimum Gasteiger partial charge on any atom is -0.494 e. The zero-order valence-electron chi connectivity index (χ0n) is 14.9. The number of ether oxygens (including phenoxy) is 1. The van der Waals surface area contributed by atoms with Crippen molar-refractivity contribution in [3.05, 3.63) is 82.7 Å². The van der Waals surface area contributed by atoms with Crippen LogP contribution in [0.3, 0.4) is 0 Å². The number of fused-ring (bicyclic) bond motifs is 1. The summed E-state index contributed by atoms with van der Waals surface area (Å²) in [6.45, 7) is 2.47. The summed E-state index contributed by atoms with van der Waals surface area (Å²) in [5, 5.41) is 0.859. The summed E-state index contributed by atoms with van der Waals surface area (Å²) in [6.07, 6.45) is 6.47. The van der Waals surface area contributed by atoms with Gasteiger partial charge in [-0.15, -0.1) is 0 Å². The molecule has 0 aliphatic heterocycles. The van der Waals surface area contributed by atoms with E-state index in [2.05, 4.69) is 0 Å². The second kappa shape index (κ2) is 7.33. The molecule has 3 nitrogen and oxygen atoms in total. The Bertz CT molecular complexity index is 1140. The fourth-order valence-corrected chi connectivity index (χ4v) is 3.62. The van der Waals surface area contributed by atoms with Crippen LogP contribution in [-0.2, 0) is 0 Å². The van der Waals surface area contributed by atoms with Crippen molar-refractivity contribution in [3.63, 3.8) is 0 Å². The molecule has 1 aliphatic rings.